The summed E-state index contributed by atoms with van der Waals surface area (Å²) in [6.45, 7) is 4.64. The maximum Gasteiger partial charge on any atom is 0.416 e. The van der Waals surface area contributed by atoms with Crippen LogP contribution in [-0.4, -0.2) is 60.6 Å². The van der Waals surface area contributed by atoms with Crippen LogP contribution in [0.5, 0.6) is 0 Å². The van der Waals surface area contributed by atoms with Gasteiger partial charge in [0.15, 0.2) is 0 Å². The van der Waals surface area contributed by atoms with Crippen molar-refractivity contribution < 1.29 is 14.3 Å². The molecule has 0 radical (unpaired) electrons. The van der Waals surface area contributed by atoms with Gasteiger partial charge in [-0.2, -0.15) is 0 Å². The lowest BCUT2D eigenvalue weighted by Crippen LogP contribution is -2.50. The number of likely N-dealkylation sites (tertiary alicyclic amines) is 1. The molecule has 2 heterocycles. The van der Waals surface area contributed by atoms with Crippen LogP contribution >= 0.6 is 0 Å². The number of cyclic esters (lactones) is 1. The molecule has 2 amide bonds. The second-order valence-corrected chi connectivity index (χ2v) is 4.95. The maximum atomic E-state index is 11.9. The Kier molecular flexibility index (Phi) is 3.63. The zero-order valence-electron chi connectivity index (χ0n) is 10.1. The van der Waals surface area contributed by atoms with Gasteiger partial charge < -0.3 is 10.5 Å². The SMILES string of the molecule is CC1CC(N)CN(CC(=O)N2CCOC2=O)C1. The van der Waals surface area contributed by atoms with Gasteiger partial charge in [0.2, 0.25) is 5.91 Å². The Hall–Kier alpha value is -1.14. The molecule has 2 aliphatic rings. The van der Waals surface area contributed by atoms with Crippen molar-refractivity contribution in [2.45, 2.75) is 19.4 Å². The first-order chi connectivity index (χ1) is 8.06. The molecule has 2 unspecified atom stereocenters. The Morgan fingerprint density at radius 2 is 2.29 bits per heavy atom. The second kappa shape index (κ2) is 5.01. The summed E-state index contributed by atoms with van der Waals surface area (Å²) in [5.41, 5.74) is 5.91. The number of nitrogens with zero attached hydrogens (tertiary/aromatic N) is 2. The van der Waals surface area contributed by atoms with Crippen molar-refractivity contribution >= 4 is 12.0 Å². The standard InChI is InChI=1S/C11H19N3O3/c1-8-4-9(12)6-13(5-8)7-10(15)14-2-3-17-11(14)16/h8-9H,2-7,12H2,1H3. The Morgan fingerprint density at radius 3 is 2.88 bits per heavy atom. The van der Waals surface area contributed by atoms with Crippen LogP contribution in [-0.2, 0) is 9.53 Å². The van der Waals surface area contributed by atoms with Crippen molar-refractivity contribution in [3.63, 3.8) is 0 Å². The van der Waals surface area contributed by atoms with Crippen molar-refractivity contribution in [1.29, 1.82) is 0 Å². The van der Waals surface area contributed by atoms with E-state index in [9.17, 15) is 9.59 Å². The molecule has 2 rings (SSSR count). The fourth-order valence-electron chi connectivity index (χ4n) is 2.54. The summed E-state index contributed by atoms with van der Waals surface area (Å²) in [6, 6.07) is 0.122. The van der Waals surface area contributed by atoms with E-state index in [0.29, 0.717) is 19.1 Å². The first-order valence-electron chi connectivity index (χ1n) is 6.01. The van der Waals surface area contributed by atoms with Gasteiger partial charge in [-0.1, -0.05) is 6.92 Å². The lowest BCUT2D eigenvalue weighted by atomic mass is 9.97. The molecular weight excluding hydrogens is 222 g/mol. The summed E-state index contributed by atoms with van der Waals surface area (Å²) in [5, 5.41) is 0. The molecule has 0 aromatic heterocycles. The number of amides is 2. The van der Waals surface area contributed by atoms with Crippen LogP contribution in [0.3, 0.4) is 0 Å². The molecule has 2 fully saturated rings. The lowest BCUT2D eigenvalue weighted by molar-refractivity contribution is -0.129. The fraction of sp³-hybridized carbons (Fsp3) is 0.818. The van der Waals surface area contributed by atoms with E-state index < -0.39 is 6.09 Å². The van der Waals surface area contributed by atoms with Crippen LogP contribution in [0.4, 0.5) is 4.79 Å². The Labute approximate surface area is 101 Å². The van der Waals surface area contributed by atoms with Crippen LogP contribution in [0.15, 0.2) is 0 Å². The van der Waals surface area contributed by atoms with Crippen molar-refractivity contribution in [2.24, 2.45) is 11.7 Å². The van der Waals surface area contributed by atoms with Crippen LogP contribution < -0.4 is 5.73 Å². The van der Waals surface area contributed by atoms with E-state index in [4.69, 9.17) is 10.5 Å². The number of rotatable bonds is 2. The van der Waals surface area contributed by atoms with Gasteiger partial charge in [-0.3, -0.25) is 9.69 Å². The van der Waals surface area contributed by atoms with Crippen LogP contribution in [0.1, 0.15) is 13.3 Å². The molecule has 96 valence electrons. The van der Waals surface area contributed by atoms with E-state index in [2.05, 4.69) is 6.92 Å². The highest BCUT2D eigenvalue weighted by atomic mass is 16.6. The van der Waals surface area contributed by atoms with Crippen molar-refractivity contribution in [1.82, 2.24) is 9.80 Å². The zero-order valence-corrected chi connectivity index (χ0v) is 10.1. The Bertz CT molecular complexity index is 311. The van der Waals surface area contributed by atoms with Crippen LogP contribution in [0.25, 0.3) is 0 Å². The average molecular weight is 241 g/mol. The van der Waals surface area contributed by atoms with Crippen molar-refractivity contribution in [2.75, 3.05) is 32.8 Å². The minimum atomic E-state index is -0.524. The molecule has 0 aromatic carbocycles. The zero-order chi connectivity index (χ0) is 12.4. The van der Waals surface area contributed by atoms with Gasteiger partial charge in [0, 0.05) is 19.1 Å². The summed E-state index contributed by atoms with van der Waals surface area (Å²) < 4.78 is 4.74. The van der Waals surface area contributed by atoms with Gasteiger partial charge in [0.05, 0.1) is 13.1 Å². The predicted octanol–water partition coefficient (Wildman–Crippen LogP) is -0.366. The first kappa shape index (κ1) is 12.3. The third kappa shape index (κ3) is 2.95. The van der Waals surface area contributed by atoms with Crippen LogP contribution in [0.2, 0.25) is 0 Å². The highest BCUT2D eigenvalue weighted by molar-refractivity contribution is 5.94. The van der Waals surface area contributed by atoms with Gasteiger partial charge in [0.1, 0.15) is 6.61 Å². The quantitative estimate of drug-likeness (QED) is 0.714. The van der Waals surface area contributed by atoms with Crippen molar-refractivity contribution in [3.8, 4) is 0 Å². The Balaban J connectivity index is 1.87. The first-order valence-corrected chi connectivity index (χ1v) is 6.01. The van der Waals surface area contributed by atoms with Gasteiger partial charge in [-0.15, -0.1) is 0 Å². The van der Waals surface area contributed by atoms with E-state index >= 15 is 0 Å². The molecule has 17 heavy (non-hydrogen) atoms. The number of imide groups is 1. The molecule has 2 saturated heterocycles. The highest BCUT2D eigenvalue weighted by Crippen LogP contribution is 2.15. The second-order valence-electron chi connectivity index (χ2n) is 4.95. The number of hydrogen-bond donors (Lipinski definition) is 1. The number of ether oxygens (including phenoxy) is 1. The number of carbonyl (C=O) groups is 2. The third-order valence-corrected chi connectivity index (χ3v) is 3.19. The summed E-state index contributed by atoms with van der Waals surface area (Å²) in [5.74, 6) is 0.311. The summed E-state index contributed by atoms with van der Waals surface area (Å²) >= 11 is 0. The molecule has 0 spiro atoms. The normalized spacial score (nSPS) is 30.5. The third-order valence-electron chi connectivity index (χ3n) is 3.19. The minimum absolute atomic E-state index is 0.122. The monoisotopic (exact) mass is 241 g/mol. The molecule has 6 nitrogen and oxygen atoms in total. The minimum Gasteiger partial charge on any atom is -0.447 e. The van der Waals surface area contributed by atoms with Gasteiger partial charge in [0.25, 0.3) is 0 Å². The van der Waals surface area contributed by atoms with Gasteiger partial charge >= 0.3 is 6.09 Å². The number of piperidine rings is 1. The van der Waals surface area contributed by atoms with E-state index in [1.807, 2.05) is 4.90 Å². The molecular formula is C11H19N3O3. The smallest absolute Gasteiger partial charge is 0.416 e. The molecule has 6 heteroatoms. The van der Waals surface area contributed by atoms with Crippen LogP contribution in [0, 0.1) is 5.92 Å². The lowest BCUT2D eigenvalue weighted by Gasteiger charge is -2.34. The van der Waals surface area contributed by atoms with Gasteiger partial charge in [-0.25, -0.2) is 9.69 Å². The Morgan fingerprint density at radius 1 is 1.53 bits per heavy atom. The highest BCUT2D eigenvalue weighted by Gasteiger charge is 2.31. The molecule has 2 N–H and O–H groups in total. The average Bonchev–Trinajstić information content (AvgIpc) is 2.62. The molecule has 2 aliphatic heterocycles. The van der Waals surface area contributed by atoms with E-state index in [-0.39, 0.29) is 18.5 Å². The predicted molar refractivity (Wildman–Crippen MR) is 61.3 cm³/mol. The topological polar surface area (TPSA) is 75.9 Å². The fourth-order valence-corrected chi connectivity index (χ4v) is 2.54. The summed E-state index contributed by atoms with van der Waals surface area (Å²) in [6.07, 6.45) is 0.473. The van der Waals surface area contributed by atoms with E-state index in [1.54, 1.807) is 0 Å². The van der Waals surface area contributed by atoms with E-state index in [0.717, 1.165) is 19.5 Å². The van der Waals surface area contributed by atoms with Gasteiger partial charge in [-0.05, 0) is 12.3 Å². The maximum absolute atomic E-state index is 11.9. The molecule has 2 atom stereocenters. The summed E-state index contributed by atoms with van der Waals surface area (Å²) in [7, 11) is 0. The largest absolute Gasteiger partial charge is 0.447 e. The van der Waals surface area contributed by atoms with Crippen molar-refractivity contribution in [3.05, 3.63) is 0 Å². The number of nitrogens with two attached hydrogens (primary N) is 1. The summed E-state index contributed by atoms with van der Waals surface area (Å²) in [4.78, 5) is 26.3. The number of hydrogen-bond acceptors (Lipinski definition) is 5. The molecule has 0 aliphatic carbocycles. The van der Waals surface area contributed by atoms with E-state index in [1.165, 1.54) is 4.90 Å². The molecule has 0 aromatic rings. The molecule has 0 saturated carbocycles. The molecule has 0 bridgehead atoms. The number of carbonyl (C=O) groups excluding carboxylic acids is 2.